The van der Waals surface area contributed by atoms with Gasteiger partial charge in [-0.05, 0) is 60.4 Å². The van der Waals surface area contributed by atoms with Crippen LogP contribution in [0.5, 0.6) is 0 Å². The van der Waals surface area contributed by atoms with Gasteiger partial charge in [0.25, 0.3) is 0 Å². The summed E-state index contributed by atoms with van der Waals surface area (Å²) in [5.74, 6) is -0.710. The van der Waals surface area contributed by atoms with E-state index in [1.165, 1.54) is 55.9 Å². The van der Waals surface area contributed by atoms with Gasteiger partial charge in [0.15, 0.2) is 6.29 Å². The number of carbonyl (C=O) groups excluding carboxylic acids is 2. The molecule has 0 radical (unpaired) electrons. The molecule has 0 aromatic heterocycles. The molecule has 2 unspecified atom stereocenters. The molecule has 2 fully saturated rings. The number of nitrogens with zero attached hydrogens (tertiary/aromatic N) is 1. The number of carbonyl (C=O) groups is 2. The quantitative estimate of drug-likeness (QED) is 0.191. The summed E-state index contributed by atoms with van der Waals surface area (Å²) >= 11 is 0. The van der Waals surface area contributed by atoms with E-state index in [1.54, 1.807) is 6.08 Å². The highest BCUT2D eigenvalue weighted by atomic mass is 16.7. The summed E-state index contributed by atoms with van der Waals surface area (Å²) in [6, 6.07) is 16.4. The van der Waals surface area contributed by atoms with Crippen molar-refractivity contribution in [2.45, 2.75) is 108 Å². The molecule has 4 aliphatic rings. The topological polar surface area (TPSA) is 83.5 Å². The lowest BCUT2D eigenvalue weighted by Gasteiger charge is -2.32. The SMILES string of the molecule is C=CCOC(=O)C1=C[C@@H](OC2CCCC(COC3CCCCCCCCC3)O2)CN1C(=O)OCC1c2ccccc2-c2ccccc21. The van der Waals surface area contributed by atoms with Crippen LogP contribution in [-0.4, -0.2) is 67.9 Å². The van der Waals surface area contributed by atoms with Crippen molar-refractivity contribution in [1.29, 1.82) is 0 Å². The number of fused-ring (bicyclic) bond motifs is 3. The fraction of sp³-hybridized carbons (Fsp3) is 0.538. The van der Waals surface area contributed by atoms with Gasteiger partial charge in [0.05, 0.1) is 31.5 Å². The second-order valence-corrected chi connectivity index (χ2v) is 13.2. The lowest BCUT2D eigenvalue weighted by atomic mass is 9.98. The van der Waals surface area contributed by atoms with Crippen LogP contribution in [0.3, 0.4) is 0 Å². The molecule has 1 amide bonds. The fourth-order valence-electron chi connectivity index (χ4n) is 7.37. The van der Waals surface area contributed by atoms with Gasteiger partial charge in [-0.25, -0.2) is 9.59 Å². The summed E-state index contributed by atoms with van der Waals surface area (Å²) in [6.45, 7) is 4.52. The predicted molar refractivity (Wildman–Crippen MR) is 180 cm³/mol. The van der Waals surface area contributed by atoms with E-state index in [2.05, 4.69) is 30.8 Å². The number of amides is 1. The molecule has 3 atom stereocenters. The summed E-state index contributed by atoms with van der Waals surface area (Å²) in [6.07, 6.45) is 15.8. The Morgan fingerprint density at radius 1 is 0.809 bits per heavy atom. The predicted octanol–water partition coefficient (Wildman–Crippen LogP) is 8.05. The lowest BCUT2D eigenvalue weighted by molar-refractivity contribution is -0.218. The molecule has 1 saturated carbocycles. The largest absolute Gasteiger partial charge is 0.457 e. The minimum Gasteiger partial charge on any atom is -0.457 e. The van der Waals surface area contributed by atoms with Gasteiger partial charge in [-0.3, -0.25) is 4.90 Å². The zero-order chi connectivity index (χ0) is 32.4. The average molecular weight is 644 g/mol. The van der Waals surface area contributed by atoms with Gasteiger partial charge in [0.2, 0.25) is 0 Å². The zero-order valence-corrected chi connectivity index (χ0v) is 27.5. The first-order valence-electron chi connectivity index (χ1n) is 17.7. The Labute approximate surface area is 279 Å². The Hall–Kier alpha value is -3.46. The second kappa shape index (κ2) is 16.6. The Kier molecular flexibility index (Phi) is 11.8. The van der Waals surface area contributed by atoms with Gasteiger partial charge in [-0.2, -0.15) is 0 Å². The number of hydrogen-bond donors (Lipinski definition) is 0. The van der Waals surface area contributed by atoms with Crippen LogP contribution in [0.2, 0.25) is 0 Å². The number of hydrogen-bond acceptors (Lipinski definition) is 7. The summed E-state index contributed by atoms with van der Waals surface area (Å²) < 4.78 is 30.3. The van der Waals surface area contributed by atoms with E-state index in [0.717, 1.165) is 54.4 Å². The normalized spacial score (nSPS) is 23.8. The molecule has 2 aromatic rings. The van der Waals surface area contributed by atoms with Crippen LogP contribution in [0.25, 0.3) is 11.1 Å². The second-order valence-electron chi connectivity index (χ2n) is 13.2. The first-order chi connectivity index (χ1) is 23.1. The molecule has 47 heavy (non-hydrogen) atoms. The maximum absolute atomic E-state index is 13.6. The Balaban J connectivity index is 1.05. The van der Waals surface area contributed by atoms with E-state index < -0.39 is 24.5 Å². The number of esters is 1. The lowest BCUT2D eigenvalue weighted by Crippen LogP contribution is -2.38. The fourth-order valence-corrected chi connectivity index (χ4v) is 7.37. The van der Waals surface area contributed by atoms with Gasteiger partial charge < -0.3 is 23.7 Å². The van der Waals surface area contributed by atoms with Crippen LogP contribution < -0.4 is 0 Å². The third-order valence-electron chi connectivity index (χ3n) is 9.80. The first kappa shape index (κ1) is 33.4. The molecule has 0 bridgehead atoms. The first-order valence-corrected chi connectivity index (χ1v) is 17.7. The molecular formula is C39H49NO7. The standard InChI is InChI=1S/C39H49NO7/c1-2-23-43-38(41)36-24-30(47-37-22-14-17-29(46-37)26-44-28-15-8-6-4-3-5-7-9-16-28)25-40(36)39(42)45-27-35-33-20-12-10-18-31(33)32-19-11-13-21-34(32)35/h2,10-13,18-21,24,28-30,35,37H,1,3-9,14-17,22-23,25-27H2/t29?,30-,37?/m1/s1. The Morgan fingerprint density at radius 3 is 2.15 bits per heavy atom. The maximum atomic E-state index is 13.6. The molecule has 1 saturated heterocycles. The van der Waals surface area contributed by atoms with Crippen LogP contribution in [0.1, 0.15) is 94.1 Å². The van der Waals surface area contributed by atoms with Crippen LogP contribution >= 0.6 is 0 Å². The van der Waals surface area contributed by atoms with Crippen LogP contribution in [0.4, 0.5) is 4.79 Å². The molecule has 8 nitrogen and oxygen atoms in total. The minimum atomic E-state index is -0.619. The van der Waals surface area contributed by atoms with Crippen molar-refractivity contribution in [3.63, 3.8) is 0 Å². The highest BCUT2D eigenvalue weighted by Crippen LogP contribution is 2.44. The van der Waals surface area contributed by atoms with Crippen molar-refractivity contribution in [2.75, 3.05) is 26.4 Å². The van der Waals surface area contributed by atoms with Crippen molar-refractivity contribution in [3.05, 3.63) is 84.1 Å². The highest BCUT2D eigenvalue weighted by molar-refractivity contribution is 5.93. The highest BCUT2D eigenvalue weighted by Gasteiger charge is 2.38. The molecular weight excluding hydrogens is 594 g/mol. The van der Waals surface area contributed by atoms with Crippen molar-refractivity contribution in [3.8, 4) is 11.1 Å². The molecule has 0 spiro atoms. The molecule has 0 N–H and O–H groups in total. The Morgan fingerprint density at radius 2 is 1.47 bits per heavy atom. The van der Waals surface area contributed by atoms with Crippen molar-refractivity contribution < 1.29 is 33.3 Å². The molecule has 2 aliphatic heterocycles. The van der Waals surface area contributed by atoms with E-state index in [-0.39, 0.29) is 37.5 Å². The van der Waals surface area contributed by atoms with Crippen molar-refractivity contribution in [1.82, 2.24) is 4.90 Å². The third kappa shape index (κ3) is 8.53. The maximum Gasteiger partial charge on any atom is 0.414 e. The average Bonchev–Trinajstić information content (AvgIpc) is 3.67. The zero-order valence-electron chi connectivity index (χ0n) is 27.5. The third-order valence-corrected chi connectivity index (χ3v) is 9.80. The molecule has 2 aliphatic carbocycles. The van der Waals surface area contributed by atoms with Gasteiger partial charge in [-0.1, -0.05) is 106 Å². The number of rotatable bonds is 10. The molecule has 2 aromatic carbocycles. The van der Waals surface area contributed by atoms with Gasteiger partial charge in [-0.15, -0.1) is 0 Å². The van der Waals surface area contributed by atoms with Gasteiger partial charge in [0, 0.05) is 5.92 Å². The molecule has 2 heterocycles. The van der Waals surface area contributed by atoms with E-state index in [0.29, 0.717) is 12.7 Å². The van der Waals surface area contributed by atoms with Crippen LogP contribution in [0, 0.1) is 0 Å². The van der Waals surface area contributed by atoms with Gasteiger partial charge >= 0.3 is 12.1 Å². The monoisotopic (exact) mass is 643 g/mol. The molecule has 8 heteroatoms. The molecule has 6 rings (SSSR count). The smallest absolute Gasteiger partial charge is 0.414 e. The summed E-state index contributed by atoms with van der Waals surface area (Å²) in [5.41, 5.74) is 4.66. The molecule has 252 valence electrons. The van der Waals surface area contributed by atoms with Crippen molar-refractivity contribution in [2.24, 2.45) is 0 Å². The van der Waals surface area contributed by atoms with Crippen LogP contribution in [-0.2, 0) is 28.5 Å². The Bertz CT molecular complexity index is 1350. The van der Waals surface area contributed by atoms with E-state index in [1.807, 2.05) is 24.3 Å². The van der Waals surface area contributed by atoms with E-state index >= 15 is 0 Å². The summed E-state index contributed by atoms with van der Waals surface area (Å²) in [4.78, 5) is 27.9. The summed E-state index contributed by atoms with van der Waals surface area (Å²) in [7, 11) is 0. The van der Waals surface area contributed by atoms with Crippen LogP contribution in [0.15, 0.2) is 73.0 Å². The van der Waals surface area contributed by atoms with E-state index in [9.17, 15) is 9.59 Å². The number of ether oxygens (including phenoxy) is 5. The number of benzene rings is 2. The van der Waals surface area contributed by atoms with E-state index in [4.69, 9.17) is 23.7 Å². The minimum absolute atomic E-state index is 0.0363. The summed E-state index contributed by atoms with van der Waals surface area (Å²) in [5, 5.41) is 0. The van der Waals surface area contributed by atoms with Crippen molar-refractivity contribution >= 4 is 12.1 Å². The van der Waals surface area contributed by atoms with Gasteiger partial charge in [0.1, 0.15) is 18.9 Å².